The Bertz CT molecular complexity index is 1120. The van der Waals surface area contributed by atoms with E-state index in [9.17, 15) is 23.9 Å². The lowest BCUT2D eigenvalue weighted by molar-refractivity contribution is 0.0508. The van der Waals surface area contributed by atoms with Crippen LogP contribution in [0.4, 0.5) is 15.0 Å². The molecule has 1 unspecified atom stereocenters. The van der Waals surface area contributed by atoms with E-state index in [1.54, 1.807) is 30.2 Å². The molecule has 3 heterocycles. The summed E-state index contributed by atoms with van der Waals surface area (Å²) in [4.78, 5) is 42.2. The van der Waals surface area contributed by atoms with Gasteiger partial charge in [0.2, 0.25) is 5.43 Å². The van der Waals surface area contributed by atoms with Gasteiger partial charge in [0.15, 0.2) is 11.6 Å². The average Bonchev–Trinajstić information content (AvgIpc) is 3.39. The van der Waals surface area contributed by atoms with Gasteiger partial charge in [0.1, 0.15) is 16.8 Å². The number of anilines is 1. The van der Waals surface area contributed by atoms with Gasteiger partial charge < -0.3 is 24.6 Å². The Hall–Kier alpha value is -3.17. The summed E-state index contributed by atoms with van der Waals surface area (Å²) in [5.41, 5.74) is -1.48. The number of rotatable bonds is 4. The lowest BCUT2D eigenvalue weighted by Crippen LogP contribution is -2.40. The number of nitrogens with zero attached hydrogens (tertiary/aromatic N) is 3. The summed E-state index contributed by atoms with van der Waals surface area (Å²) in [6.45, 7) is 6.14. The van der Waals surface area contributed by atoms with Crippen molar-refractivity contribution < 1.29 is 23.8 Å². The van der Waals surface area contributed by atoms with Gasteiger partial charge in [0.05, 0.1) is 11.4 Å². The molecule has 166 valence electrons. The van der Waals surface area contributed by atoms with E-state index in [2.05, 4.69) is 10.3 Å². The Morgan fingerprint density at radius 1 is 1.29 bits per heavy atom. The molecule has 1 aliphatic heterocycles. The van der Waals surface area contributed by atoms with E-state index in [1.807, 2.05) is 0 Å². The second kappa shape index (κ2) is 7.51. The number of halogens is 1. The van der Waals surface area contributed by atoms with Crippen LogP contribution in [0.1, 0.15) is 56.4 Å². The molecule has 0 bridgehead atoms. The number of carboxylic acids is 1. The van der Waals surface area contributed by atoms with Crippen LogP contribution in [0.2, 0.25) is 0 Å². The van der Waals surface area contributed by atoms with Crippen LogP contribution in [0.25, 0.3) is 11.0 Å². The minimum absolute atomic E-state index is 0.0457. The maximum absolute atomic E-state index is 14.9. The molecular formula is C21H25FN4O5. The molecule has 10 heteroatoms. The minimum Gasteiger partial charge on any atom is -0.477 e. The molecule has 0 aromatic carbocycles. The van der Waals surface area contributed by atoms with Gasteiger partial charge in [-0.3, -0.25) is 4.79 Å². The molecule has 0 radical (unpaired) electrons. The highest BCUT2D eigenvalue weighted by molar-refractivity contribution is 5.92. The summed E-state index contributed by atoms with van der Waals surface area (Å²) in [6, 6.07) is 0.888. The van der Waals surface area contributed by atoms with E-state index < -0.39 is 34.5 Å². The summed E-state index contributed by atoms with van der Waals surface area (Å²) in [7, 11) is 0. The van der Waals surface area contributed by atoms with Crippen LogP contribution < -0.4 is 15.6 Å². The highest BCUT2D eigenvalue weighted by atomic mass is 19.1. The van der Waals surface area contributed by atoms with Crippen molar-refractivity contribution in [2.75, 3.05) is 18.0 Å². The third-order valence-corrected chi connectivity index (χ3v) is 5.32. The predicted molar refractivity (Wildman–Crippen MR) is 111 cm³/mol. The normalized spacial score (nSPS) is 19.0. The molecule has 0 spiro atoms. The van der Waals surface area contributed by atoms with Crippen LogP contribution in [0.3, 0.4) is 0 Å². The number of pyridine rings is 2. The zero-order valence-electron chi connectivity index (χ0n) is 17.6. The van der Waals surface area contributed by atoms with Crippen molar-refractivity contribution in [3.8, 4) is 0 Å². The fourth-order valence-corrected chi connectivity index (χ4v) is 3.79. The van der Waals surface area contributed by atoms with E-state index >= 15 is 0 Å². The Morgan fingerprint density at radius 2 is 2.00 bits per heavy atom. The second-order valence-corrected chi connectivity index (χ2v) is 9.06. The molecule has 2 aromatic heterocycles. The molecule has 2 aliphatic rings. The topological polar surface area (TPSA) is 114 Å². The first-order valence-corrected chi connectivity index (χ1v) is 10.3. The number of carbonyl (C=O) groups is 2. The van der Waals surface area contributed by atoms with Gasteiger partial charge in [-0.25, -0.2) is 19.0 Å². The fraction of sp³-hybridized carbons (Fsp3) is 0.524. The molecule has 2 N–H and O–H groups in total. The zero-order valence-corrected chi connectivity index (χ0v) is 17.6. The first-order chi connectivity index (χ1) is 14.5. The van der Waals surface area contributed by atoms with Gasteiger partial charge in [-0.2, -0.15) is 0 Å². The van der Waals surface area contributed by atoms with Gasteiger partial charge in [-0.05, 0) is 46.1 Å². The average molecular weight is 432 g/mol. The number of aromatic nitrogens is 2. The lowest BCUT2D eigenvalue weighted by Gasteiger charge is -2.22. The Balaban J connectivity index is 1.63. The minimum atomic E-state index is -1.35. The fourth-order valence-electron chi connectivity index (χ4n) is 3.79. The Kier molecular flexibility index (Phi) is 5.10. The van der Waals surface area contributed by atoms with Gasteiger partial charge in [-0.15, -0.1) is 0 Å². The SMILES string of the molecule is CC(C)(C)OC(=O)NC1CCN(c2nc3c(cc2F)c(=O)c(C(=O)O)cn3C2CC2)C1. The summed E-state index contributed by atoms with van der Waals surface area (Å²) >= 11 is 0. The molecule has 2 aromatic rings. The molecule has 1 aliphatic carbocycles. The van der Waals surface area contributed by atoms with Crippen molar-refractivity contribution in [1.29, 1.82) is 0 Å². The van der Waals surface area contributed by atoms with Crippen LogP contribution in [0.15, 0.2) is 17.1 Å². The summed E-state index contributed by atoms with van der Waals surface area (Å²) in [6.07, 6.45) is 3.05. The number of ether oxygens (including phenoxy) is 1. The molecule has 1 saturated heterocycles. The number of fused-ring (bicyclic) bond motifs is 1. The molecule has 1 atom stereocenters. The summed E-state index contributed by atoms with van der Waals surface area (Å²) in [5.74, 6) is -1.97. The van der Waals surface area contributed by atoms with E-state index in [-0.39, 0.29) is 28.9 Å². The number of carbonyl (C=O) groups excluding carboxylic acids is 1. The highest BCUT2D eigenvalue weighted by Crippen LogP contribution is 2.37. The Labute approximate surface area is 177 Å². The zero-order chi connectivity index (χ0) is 22.5. The van der Waals surface area contributed by atoms with E-state index in [0.717, 1.165) is 18.9 Å². The smallest absolute Gasteiger partial charge is 0.407 e. The second-order valence-electron chi connectivity index (χ2n) is 9.06. The number of alkyl carbamates (subject to hydrolysis) is 1. The molecule has 1 saturated carbocycles. The number of amides is 1. The summed E-state index contributed by atoms with van der Waals surface area (Å²) < 4.78 is 21.9. The monoisotopic (exact) mass is 432 g/mol. The molecule has 1 amide bonds. The summed E-state index contributed by atoms with van der Waals surface area (Å²) in [5, 5.41) is 12.1. The molecule has 2 fully saturated rings. The van der Waals surface area contributed by atoms with Gasteiger partial charge >= 0.3 is 12.1 Å². The number of carboxylic acid groups (broad SMARTS) is 1. The van der Waals surface area contributed by atoms with Gasteiger partial charge in [0.25, 0.3) is 0 Å². The molecule has 31 heavy (non-hydrogen) atoms. The third kappa shape index (κ3) is 4.33. The van der Waals surface area contributed by atoms with Crippen molar-refractivity contribution in [2.24, 2.45) is 0 Å². The predicted octanol–water partition coefficient (Wildman–Crippen LogP) is 2.67. The Morgan fingerprint density at radius 3 is 2.61 bits per heavy atom. The van der Waals surface area contributed by atoms with E-state index in [4.69, 9.17) is 4.74 Å². The number of hydrogen-bond donors (Lipinski definition) is 2. The van der Waals surface area contributed by atoms with Gasteiger partial charge in [-0.1, -0.05) is 0 Å². The highest BCUT2D eigenvalue weighted by Gasteiger charge is 2.31. The number of aromatic carboxylic acids is 1. The van der Waals surface area contributed by atoms with Crippen molar-refractivity contribution in [1.82, 2.24) is 14.9 Å². The van der Waals surface area contributed by atoms with Crippen molar-refractivity contribution in [3.05, 3.63) is 33.9 Å². The maximum atomic E-state index is 14.9. The molecule has 9 nitrogen and oxygen atoms in total. The molecule has 4 rings (SSSR count). The van der Waals surface area contributed by atoms with Gasteiger partial charge in [0, 0.05) is 25.3 Å². The van der Waals surface area contributed by atoms with Crippen molar-refractivity contribution in [3.63, 3.8) is 0 Å². The van der Waals surface area contributed by atoms with E-state index in [1.165, 1.54) is 6.20 Å². The van der Waals surface area contributed by atoms with Crippen LogP contribution in [0, 0.1) is 5.82 Å². The number of hydrogen-bond acceptors (Lipinski definition) is 6. The third-order valence-electron chi connectivity index (χ3n) is 5.32. The number of nitrogens with one attached hydrogen (secondary N) is 1. The quantitative estimate of drug-likeness (QED) is 0.763. The van der Waals surface area contributed by atoms with Crippen LogP contribution in [-0.2, 0) is 4.74 Å². The first-order valence-electron chi connectivity index (χ1n) is 10.3. The maximum Gasteiger partial charge on any atom is 0.407 e. The van der Waals surface area contributed by atoms with Crippen LogP contribution in [0.5, 0.6) is 0 Å². The lowest BCUT2D eigenvalue weighted by atomic mass is 10.2. The molecular weight excluding hydrogens is 407 g/mol. The standard InChI is InChI=1S/C21H25FN4O5/c1-21(2,3)31-20(30)23-11-6-7-25(9-11)18-15(22)8-13-16(27)14(19(28)29)10-26(12-4-5-12)17(13)24-18/h8,10-12H,4-7,9H2,1-3H3,(H,23,30)(H,28,29). The van der Waals surface area contributed by atoms with Crippen LogP contribution in [-0.4, -0.2) is 51.5 Å². The van der Waals surface area contributed by atoms with Crippen LogP contribution >= 0.6 is 0 Å². The largest absolute Gasteiger partial charge is 0.477 e. The van der Waals surface area contributed by atoms with Crippen molar-refractivity contribution in [2.45, 2.75) is 57.7 Å². The van der Waals surface area contributed by atoms with E-state index in [0.29, 0.717) is 19.5 Å². The first kappa shape index (κ1) is 21.1. The van der Waals surface area contributed by atoms with Crippen molar-refractivity contribution >= 4 is 28.9 Å².